The first-order valence-electron chi connectivity index (χ1n) is 3.74. The maximum absolute atomic E-state index is 10.4. The quantitative estimate of drug-likeness (QED) is 0.449. The minimum absolute atomic E-state index is 0.477. The van der Waals surface area contributed by atoms with Crippen LogP contribution in [0, 0.1) is 6.92 Å². The van der Waals surface area contributed by atoms with E-state index in [0.29, 0.717) is 5.75 Å². The van der Waals surface area contributed by atoms with Crippen molar-refractivity contribution in [1.29, 1.82) is 0 Å². The molecule has 3 nitrogen and oxygen atoms in total. The summed E-state index contributed by atoms with van der Waals surface area (Å²) in [5.74, 6) is 0.0438. The first-order valence-corrected chi connectivity index (χ1v) is 4.19. The van der Waals surface area contributed by atoms with Gasteiger partial charge < -0.3 is 0 Å². The molecule has 70 valence electrons. The van der Waals surface area contributed by atoms with Crippen LogP contribution >= 0.6 is 12.6 Å². The average Bonchev–Trinajstić information content (AvgIpc) is 2.02. The Morgan fingerprint density at radius 3 is 2.69 bits per heavy atom. The Balaban J connectivity index is 2.72. The van der Waals surface area contributed by atoms with Gasteiger partial charge in [0.2, 0.25) is 0 Å². The minimum Gasteiger partial charge on any atom is -0.287 e. The van der Waals surface area contributed by atoms with E-state index in [0.717, 1.165) is 10.5 Å². The second kappa shape index (κ2) is 4.18. The third-order valence-electron chi connectivity index (χ3n) is 1.41. The lowest BCUT2D eigenvalue weighted by molar-refractivity contribution is -0.211. The van der Waals surface area contributed by atoms with E-state index in [1.807, 2.05) is 13.0 Å². The monoisotopic (exact) mass is 198 g/mol. The zero-order valence-electron chi connectivity index (χ0n) is 7.40. The molecule has 1 aromatic rings. The number of benzene rings is 1. The lowest BCUT2D eigenvalue weighted by atomic mass is 10.2. The summed E-state index contributed by atoms with van der Waals surface area (Å²) in [4.78, 5) is 20.4. The molecular weight excluding hydrogens is 188 g/mol. The number of thiol groups is 1. The summed E-state index contributed by atoms with van der Waals surface area (Å²) < 4.78 is 0. The van der Waals surface area contributed by atoms with Crippen LogP contribution < -0.4 is 4.89 Å². The zero-order chi connectivity index (χ0) is 9.84. The second-order valence-electron chi connectivity index (χ2n) is 2.61. The van der Waals surface area contributed by atoms with Crippen LogP contribution in [0.2, 0.25) is 0 Å². The van der Waals surface area contributed by atoms with Crippen LogP contribution in [0.25, 0.3) is 0 Å². The van der Waals surface area contributed by atoms with Crippen molar-refractivity contribution >= 4 is 18.6 Å². The lowest BCUT2D eigenvalue weighted by Crippen LogP contribution is -2.03. The summed E-state index contributed by atoms with van der Waals surface area (Å²) in [5, 5.41) is 0. The van der Waals surface area contributed by atoms with Crippen molar-refractivity contribution in [3.63, 3.8) is 0 Å². The van der Waals surface area contributed by atoms with Gasteiger partial charge in [-0.05, 0) is 30.7 Å². The normalized spacial score (nSPS) is 9.46. The van der Waals surface area contributed by atoms with Gasteiger partial charge in [-0.2, -0.15) is 0 Å². The van der Waals surface area contributed by atoms with Gasteiger partial charge in [-0.25, -0.2) is 4.79 Å². The molecule has 0 amide bonds. The average molecular weight is 198 g/mol. The summed E-state index contributed by atoms with van der Waals surface area (Å²) >= 11 is 4.15. The van der Waals surface area contributed by atoms with Crippen molar-refractivity contribution < 1.29 is 14.6 Å². The minimum atomic E-state index is -0.477. The largest absolute Gasteiger partial charge is 0.352 e. The molecule has 13 heavy (non-hydrogen) atoms. The highest BCUT2D eigenvalue weighted by atomic mass is 32.1. The molecule has 0 aromatic heterocycles. The zero-order valence-corrected chi connectivity index (χ0v) is 8.30. The Bertz CT molecular complexity index is 323. The second-order valence-corrected chi connectivity index (χ2v) is 3.12. The van der Waals surface area contributed by atoms with Crippen LogP contribution in [0.4, 0.5) is 0 Å². The van der Waals surface area contributed by atoms with E-state index >= 15 is 0 Å². The molecule has 0 aliphatic carbocycles. The molecule has 0 aliphatic heterocycles. The fourth-order valence-electron chi connectivity index (χ4n) is 0.831. The highest BCUT2D eigenvalue weighted by Gasteiger charge is 2.02. The van der Waals surface area contributed by atoms with E-state index in [4.69, 9.17) is 4.89 Å². The molecule has 0 saturated heterocycles. The van der Waals surface area contributed by atoms with Crippen molar-refractivity contribution in [2.45, 2.75) is 18.7 Å². The van der Waals surface area contributed by atoms with Crippen molar-refractivity contribution in [3.05, 3.63) is 23.8 Å². The molecule has 0 unspecified atom stereocenters. The number of aryl methyl sites for hydroxylation is 1. The molecule has 0 N–H and O–H groups in total. The van der Waals surface area contributed by atoms with Crippen LogP contribution in [-0.4, -0.2) is 5.97 Å². The standard InChI is InChI=1S/C9H10O3S/c1-6-5-8(13)3-4-9(6)12-11-7(2)10/h3-5,13H,1-2H3. The third-order valence-corrected chi connectivity index (χ3v) is 1.69. The van der Waals surface area contributed by atoms with Crippen LogP contribution in [0.3, 0.4) is 0 Å². The van der Waals surface area contributed by atoms with Gasteiger partial charge >= 0.3 is 5.97 Å². The number of hydrogen-bond acceptors (Lipinski definition) is 4. The van der Waals surface area contributed by atoms with E-state index in [-0.39, 0.29) is 0 Å². The molecule has 0 saturated carbocycles. The number of rotatable bonds is 2. The molecule has 0 heterocycles. The highest BCUT2D eigenvalue weighted by molar-refractivity contribution is 7.80. The molecule has 1 aromatic carbocycles. The molecule has 1 rings (SSSR count). The van der Waals surface area contributed by atoms with E-state index < -0.39 is 5.97 Å². The predicted molar refractivity (Wildman–Crippen MR) is 50.8 cm³/mol. The van der Waals surface area contributed by atoms with Crippen LogP contribution in [0.15, 0.2) is 23.1 Å². The maximum atomic E-state index is 10.4. The SMILES string of the molecule is CC(=O)OOc1ccc(S)cc1C. The Morgan fingerprint density at radius 2 is 2.15 bits per heavy atom. The molecule has 0 aliphatic rings. The van der Waals surface area contributed by atoms with Gasteiger partial charge in [0.1, 0.15) is 0 Å². The Kier molecular flexibility index (Phi) is 3.19. The van der Waals surface area contributed by atoms with Crippen LogP contribution in [0.5, 0.6) is 5.75 Å². The van der Waals surface area contributed by atoms with Gasteiger partial charge in [0.15, 0.2) is 5.75 Å². The Morgan fingerprint density at radius 1 is 1.46 bits per heavy atom. The van der Waals surface area contributed by atoms with Gasteiger partial charge in [-0.1, -0.05) is 0 Å². The van der Waals surface area contributed by atoms with E-state index in [1.165, 1.54) is 6.92 Å². The fourth-order valence-corrected chi connectivity index (χ4v) is 1.10. The first kappa shape index (κ1) is 9.92. The Labute approximate surface area is 82.0 Å². The predicted octanol–water partition coefficient (Wildman–Crippen LogP) is 2.14. The van der Waals surface area contributed by atoms with E-state index in [9.17, 15) is 4.79 Å². The molecule has 0 atom stereocenters. The maximum Gasteiger partial charge on any atom is 0.352 e. The van der Waals surface area contributed by atoms with E-state index in [2.05, 4.69) is 17.5 Å². The molecule has 0 bridgehead atoms. The molecule has 0 radical (unpaired) electrons. The third kappa shape index (κ3) is 2.99. The summed E-state index contributed by atoms with van der Waals surface area (Å²) in [5.41, 5.74) is 0.869. The van der Waals surface area contributed by atoms with Crippen molar-refractivity contribution in [3.8, 4) is 5.75 Å². The van der Waals surface area contributed by atoms with E-state index in [1.54, 1.807) is 12.1 Å². The van der Waals surface area contributed by atoms with Crippen molar-refractivity contribution in [1.82, 2.24) is 0 Å². The van der Waals surface area contributed by atoms with Gasteiger partial charge in [0, 0.05) is 11.8 Å². The molecular formula is C9H10O3S. The molecule has 0 fully saturated rings. The first-order chi connectivity index (χ1) is 6.09. The molecule has 4 heteroatoms. The number of carbonyl (C=O) groups excluding carboxylic acids is 1. The summed E-state index contributed by atoms with van der Waals surface area (Å²) in [6.45, 7) is 3.13. The summed E-state index contributed by atoms with van der Waals surface area (Å²) in [6, 6.07) is 5.28. The van der Waals surface area contributed by atoms with Crippen LogP contribution in [0.1, 0.15) is 12.5 Å². The van der Waals surface area contributed by atoms with Gasteiger partial charge in [0.25, 0.3) is 0 Å². The lowest BCUT2D eigenvalue weighted by Gasteiger charge is -2.05. The van der Waals surface area contributed by atoms with Gasteiger partial charge in [-0.3, -0.25) is 9.78 Å². The smallest absolute Gasteiger partial charge is 0.287 e. The number of carbonyl (C=O) groups is 1. The summed E-state index contributed by atoms with van der Waals surface area (Å²) in [6.07, 6.45) is 0. The Hall–Kier alpha value is -1.16. The molecule has 0 spiro atoms. The topological polar surface area (TPSA) is 35.5 Å². The van der Waals surface area contributed by atoms with Gasteiger partial charge in [-0.15, -0.1) is 12.6 Å². The highest BCUT2D eigenvalue weighted by Crippen LogP contribution is 2.20. The van der Waals surface area contributed by atoms with Gasteiger partial charge in [0.05, 0.1) is 0 Å². The van der Waals surface area contributed by atoms with Crippen LogP contribution in [-0.2, 0) is 9.68 Å². The van der Waals surface area contributed by atoms with Crippen molar-refractivity contribution in [2.75, 3.05) is 0 Å². The number of hydrogen-bond donors (Lipinski definition) is 1. The van der Waals surface area contributed by atoms with Crippen molar-refractivity contribution in [2.24, 2.45) is 0 Å². The fraction of sp³-hybridized carbons (Fsp3) is 0.222. The summed E-state index contributed by atoms with van der Waals surface area (Å²) in [7, 11) is 0.